The Morgan fingerprint density at radius 2 is 2.17 bits per heavy atom. The fraction of sp³-hybridized carbons (Fsp3) is 0.111. The van der Waals surface area contributed by atoms with Crippen LogP contribution >= 0.6 is 0 Å². The van der Waals surface area contributed by atoms with Crippen molar-refractivity contribution >= 4 is 10.9 Å². The predicted molar refractivity (Wildman–Crippen MR) is 44.7 cm³/mol. The first-order valence-electron chi connectivity index (χ1n) is 3.65. The van der Waals surface area contributed by atoms with Crippen LogP contribution in [0, 0.1) is 12.7 Å². The highest BCUT2D eigenvalue weighted by atomic mass is 19.1. The first kappa shape index (κ1) is 7.16. The summed E-state index contributed by atoms with van der Waals surface area (Å²) in [4.78, 5) is 3.00. The molecule has 1 aromatic heterocycles. The molecule has 1 heterocycles. The molecule has 0 aliphatic heterocycles. The molecule has 0 unspecified atom stereocenters. The molecule has 0 aliphatic carbocycles. The number of nitrogens with one attached hydrogen (secondary N) is 1. The largest absolute Gasteiger partial charge is 0.504 e. The SMILES string of the molecule is Cc1cc2c(O)c(F)ccc2[nH]1. The smallest absolute Gasteiger partial charge is 0.165 e. The number of halogens is 1. The van der Waals surface area contributed by atoms with Gasteiger partial charge in [-0.15, -0.1) is 0 Å². The Labute approximate surface area is 68.6 Å². The molecule has 2 nitrogen and oxygen atoms in total. The fourth-order valence-corrected chi connectivity index (χ4v) is 1.30. The molecular formula is C9H8FNO. The molecule has 0 bridgehead atoms. The van der Waals surface area contributed by atoms with Crippen LogP contribution in [-0.4, -0.2) is 10.1 Å². The quantitative estimate of drug-likeness (QED) is 0.617. The van der Waals surface area contributed by atoms with Crippen molar-refractivity contribution in [2.75, 3.05) is 0 Å². The van der Waals surface area contributed by atoms with Gasteiger partial charge in [0.05, 0.1) is 0 Å². The lowest BCUT2D eigenvalue weighted by Gasteiger charge is -1.94. The van der Waals surface area contributed by atoms with Gasteiger partial charge in [0.1, 0.15) is 0 Å². The van der Waals surface area contributed by atoms with Crippen molar-refractivity contribution in [3.63, 3.8) is 0 Å². The van der Waals surface area contributed by atoms with Gasteiger partial charge in [0.2, 0.25) is 0 Å². The van der Waals surface area contributed by atoms with Crippen LogP contribution in [0.3, 0.4) is 0 Å². The third-order valence-electron chi connectivity index (χ3n) is 1.86. The van der Waals surface area contributed by atoms with E-state index in [4.69, 9.17) is 0 Å². The van der Waals surface area contributed by atoms with E-state index in [1.807, 2.05) is 6.92 Å². The number of benzene rings is 1. The summed E-state index contributed by atoms with van der Waals surface area (Å²) in [5.41, 5.74) is 1.66. The van der Waals surface area contributed by atoms with E-state index in [2.05, 4.69) is 4.98 Å². The maximum absolute atomic E-state index is 12.8. The third-order valence-corrected chi connectivity index (χ3v) is 1.86. The minimum Gasteiger partial charge on any atom is -0.504 e. The molecule has 2 N–H and O–H groups in total. The van der Waals surface area contributed by atoms with Crippen molar-refractivity contribution in [2.45, 2.75) is 6.92 Å². The van der Waals surface area contributed by atoms with Gasteiger partial charge in [-0.25, -0.2) is 4.39 Å². The number of H-pyrrole nitrogens is 1. The highest BCUT2D eigenvalue weighted by molar-refractivity contribution is 5.86. The first-order valence-corrected chi connectivity index (χ1v) is 3.65. The number of phenolic OH excluding ortho intramolecular Hbond substituents is 1. The highest BCUT2D eigenvalue weighted by Crippen LogP contribution is 2.27. The molecule has 0 radical (unpaired) electrons. The summed E-state index contributed by atoms with van der Waals surface area (Å²) >= 11 is 0. The summed E-state index contributed by atoms with van der Waals surface area (Å²) in [5.74, 6) is -0.863. The standard InChI is InChI=1S/C9H8FNO/c1-5-4-6-8(11-5)3-2-7(10)9(6)12/h2-4,11-12H,1H3. The van der Waals surface area contributed by atoms with Crippen LogP contribution in [-0.2, 0) is 0 Å². The number of fused-ring (bicyclic) bond motifs is 1. The maximum Gasteiger partial charge on any atom is 0.165 e. The molecule has 0 saturated heterocycles. The van der Waals surface area contributed by atoms with Crippen molar-refractivity contribution in [1.29, 1.82) is 0 Å². The van der Waals surface area contributed by atoms with Crippen LogP contribution in [0.15, 0.2) is 18.2 Å². The average molecular weight is 165 g/mol. The van der Waals surface area contributed by atoms with Crippen molar-refractivity contribution in [2.24, 2.45) is 0 Å². The summed E-state index contributed by atoms with van der Waals surface area (Å²) in [6.07, 6.45) is 0. The molecule has 0 atom stereocenters. The van der Waals surface area contributed by atoms with E-state index in [-0.39, 0.29) is 5.75 Å². The van der Waals surface area contributed by atoms with Gasteiger partial charge in [-0.05, 0) is 25.1 Å². The molecule has 0 aliphatic rings. The maximum atomic E-state index is 12.8. The molecule has 0 fully saturated rings. The number of aromatic amines is 1. The Morgan fingerprint density at radius 3 is 2.92 bits per heavy atom. The molecule has 0 saturated carbocycles. The van der Waals surface area contributed by atoms with Crippen molar-refractivity contribution in [3.8, 4) is 5.75 Å². The molecule has 1 aromatic carbocycles. The molecule has 62 valence electrons. The van der Waals surface area contributed by atoms with E-state index in [1.54, 1.807) is 12.1 Å². The monoisotopic (exact) mass is 165 g/mol. The second-order valence-electron chi connectivity index (χ2n) is 2.81. The van der Waals surface area contributed by atoms with Crippen molar-refractivity contribution in [1.82, 2.24) is 4.98 Å². The Balaban J connectivity index is 2.89. The second kappa shape index (κ2) is 2.24. The Bertz CT molecular complexity index is 433. The normalized spacial score (nSPS) is 10.8. The van der Waals surface area contributed by atoms with E-state index in [0.717, 1.165) is 11.2 Å². The number of phenols is 1. The summed E-state index contributed by atoms with van der Waals surface area (Å²) in [5, 5.41) is 9.81. The van der Waals surface area contributed by atoms with E-state index in [1.165, 1.54) is 6.07 Å². The van der Waals surface area contributed by atoms with Crippen LogP contribution in [0.2, 0.25) is 0 Å². The van der Waals surface area contributed by atoms with E-state index < -0.39 is 5.82 Å². The summed E-state index contributed by atoms with van der Waals surface area (Å²) < 4.78 is 12.8. The van der Waals surface area contributed by atoms with Gasteiger partial charge in [0.25, 0.3) is 0 Å². The zero-order chi connectivity index (χ0) is 8.72. The first-order chi connectivity index (χ1) is 5.68. The van der Waals surface area contributed by atoms with Crippen LogP contribution in [0.5, 0.6) is 5.75 Å². The van der Waals surface area contributed by atoms with Gasteiger partial charge in [-0.3, -0.25) is 0 Å². The summed E-state index contributed by atoms with van der Waals surface area (Å²) in [7, 11) is 0. The van der Waals surface area contributed by atoms with Gasteiger partial charge in [-0.2, -0.15) is 0 Å². The van der Waals surface area contributed by atoms with Gasteiger partial charge < -0.3 is 10.1 Å². The van der Waals surface area contributed by atoms with Gasteiger partial charge in [0.15, 0.2) is 11.6 Å². The molecule has 2 aromatic rings. The summed E-state index contributed by atoms with van der Waals surface area (Å²) in [6, 6.07) is 4.57. The van der Waals surface area contributed by atoms with Crippen molar-refractivity contribution < 1.29 is 9.50 Å². The lowest BCUT2D eigenvalue weighted by atomic mass is 10.2. The van der Waals surface area contributed by atoms with E-state index >= 15 is 0 Å². The Kier molecular flexibility index (Phi) is 1.33. The number of rotatable bonds is 0. The number of aryl methyl sites for hydroxylation is 1. The van der Waals surface area contributed by atoms with Crippen LogP contribution in [0.25, 0.3) is 10.9 Å². The molecule has 2 rings (SSSR count). The number of aromatic hydroxyl groups is 1. The Hall–Kier alpha value is -1.51. The molecule has 0 amide bonds. The topological polar surface area (TPSA) is 36.0 Å². The summed E-state index contributed by atoms with van der Waals surface area (Å²) in [6.45, 7) is 1.86. The minimum atomic E-state index is -0.582. The van der Waals surface area contributed by atoms with Gasteiger partial charge in [0, 0.05) is 16.6 Å². The molecule has 3 heteroatoms. The second-order valence-corrected chi connectivity index (χ2v) is 2.81. The van der Waals surface area contributed by atoms with Crippen LogP contribution in [0.1, 0.15) is 5.69 Å². The number of hydrogen-bond donors (Lipinski definition) is 2. The predicted octanol–water partition coefficient (Wildman–Crippen LogP) is 2.32. The fourth-order valence-electron chi connectivity index (χ4n) is 1.30. The van der Waals surface area contributed by atoms with E-state index in [9.17, 15) is 9.50 Å². The van der Waals surface area contributed by atoms with Gasteiger partial charge in [-0.1, -0.05) is 0 Å². The lowest BCUT2D eigenvalue weighted by molar-refractivity contribution is 0.439. The highest BCUT2D eigenvalue weighted by Gasteiger charge is 2.06. The zero-order valence-corrected chi connectivity index (χ0v) is 6.56. The van der Waals surface area contributed by atoms with Crippen LogP contribution in [0.4, 0.5) is 4.39 Å². The number of aromatic nitrogens is 1. The molecule has 0 spiro atoms. The molecular weight excluding hydrogens is 157 g/mol. The third kappa shape index (κ3) is 0.863. The van der Waals surface area contributed by atoms with Crippen molar-refractivity contribution in [3.05, 3.63) is 29.7 Å². The zero-order valence-electron chi connectivity index (χ0n) is 6.56. The Morgan fingerprint density at radius 1 is 1.42 bits per heavy atom. The minimum absolute atomic E-state index is 0.281. The lowest BCUT2D eigenvalue weighted by Crippen LogP contribution is -1.75. The number of hydrogen-bond acceptors (Lipinski definition) is 1. The van der Waals surface area contributed by atoms with Crippen LogP contribution < -0.4 is 0 Å². The van der Waals surface area contributed by atoms with E-state index in [0.29, 0.717) is 5.39 Å². The van der Waals surface area contributed by atoms with Gasteiger partial charge >= 0.3 is 0 Å². The molecule has 12 heavy (non-hydrogen) atoms. The average Bonchev–Trinajstić information content (AvgIpc) is 2.39.